The van der Waals surface area contributed by atoms with Gasteiger partial charge in [-0.3, -0.25) is 9.67 Å². The number of benzene rings is 1. The Kier molecular flexibility index (Phi) is 3.20. The summed E-state index contributed by atoms with van der Waals surface area (Å²) in [6, 6.07) is 14.3. The van der Waals surface area contributed by atoms with Gasteiger partial charge in [0.15, 0.2) is 0 Å². The van der Waals surface area contributed by atoms with Crippen molar-refractivity contribution in [3.05, 3.63) is 70.9 Å². The van der Waals surface area contributed by atoms with Gasteiger partial charge in [-0.05, 0) is 35.8 Å². The summed E-state index contributed by atoms with van der Waals surface area (Å²) in [7, 11) is 0. The Hall–Kier alpha value is -2.27. The molecule has 0 unspecified atom stereocenters. The molecule has 0 radical (unpaired) electrons. The lowest BCUT2D eigenvalue weighted by Gasteiger charge is -2.04. The molecule has 0 fully saturated rings. The van der Waals surface area contributed by atoms with Crippen LogP contribution in [0.3, 0.4) is 0 Å². The van der Waals surface area contributed by atoms with Crippen molar-refractivity contribution in [1.82, 2.24) is 19.7 Å². The van der Waals surface area contributed by atoms with Gasteiger partial charge in [-0.2, -0.15) is 5.10 Å². The molecule has 5 heteroatoms. The van der Waals surface area contributed by atoms with Gasteiger partial charge in [-0.25, -0.2) is 4.98 Å². The number of nitrogens with zero attached hydrogens (tertiary/aromatic N) is 3. The van der Waals surface area contributed by atoms with Crippen molar-refractivity contribution in [3.63, 3.8) is 0 Å². The molecule has 0 amide bonds. The molecule has 1 N–H and O–H groups in total. The molecule has 4 nitrogen and oxygen atoms in total. The van der Waals surface area contributed by atoms with Crippen molar-refractivity contribution in [2.24, 2.45) is 0 Å². The van der Waals surface area contributed by atoms with E-state index >= 15 is 0 Å². The molecule has 2 heterocycles. The van der Waals surface area contributed by atoms with Crippen LogP contribution in [-0.4, -0.2) is 19.7 Å². The lowest BCUT2D eigenvalue weighted by atomic mass is 10.1. The summed E-state index contributed by atoms with van der Waals surface area (Å²) in [4.78, 5) is 4.41. The average molecular weight is 268 g/mol. The molecule has 0 aliphatic heterocycles. The van der Waals surface area contributed by atoms with Crippen molar-refractivity contribution in [2.75, 3.05) is 0 Å². The van der Waals surface area contributed by atoms with E-state index in [0.717, 1.165) is 12.2 Å². The van der Waals surface area contributed by atoms with Crippen LogP contribution in [0.1, 0.15) is 11.1 Å². The van der Waals surface area contributed by atoms with Gasteiger partial charge in [0.2, 0.25) is 4.77 Å². The molecule has 1 aromatic carbocycles. The van der Waals surface area contributed by atoms with Gasteiger partial charge in [0, 0.05) is 6.20 Å². The summed E-state index contributed by atoms with van der Waals surface area (Å²) >= 11 is 5.11. The lowest BCUT2D eigenvalue weighted by Crippen LogP contribution is -1.97. The minimum atomic E-state index is 0.545. The van der Waals surface area contributed by atoms with E-state index in [-0.39, 0.29) is 0 Å². The number of nitrogens with one attached hydrogen (secondary N) is 1. The number of rotatable bonds is 3. The largest absolute Gasteiger partial charge is 0.258 e. The van der Waals surface area contributed by atoms with Crippen molar-refractivity contribution < 1.29 is 0 Å². The second kappa shape index (κ2) is 5.16. The fourth-order valence-electron chi connectivity index (χ4n) is 1.91. The zero-order valence-corrected chi connectivity index (χ0v) is 11.0. The maximum Gasteiger partial charge on any atom is 0.200 e. The number of hydrogen-bond donors (Lipinski definition) is 1. The first kappa shape index (κ1) is 11.8. The Morgan fingerprint density at radius 3 is 2.53 bits per heavy atom. The topological polar surface area (TPSA) is 46.5 Å². The molecule has 0 saturated carbocycles. The first-order valence-corrected chi connectivity index (χ1v) is 6.35. The molecule has 2 aromatic heterocycles. The summed E-state index contributed by atoms with van der Waals surface area (Å²) < 4.78 is 2.28. The number of aromatic nitrogens is 4. The van der Waals surface area contributed by atoms with Gasteiger partial charge in [-0.15, -0.1) is 0 Å². The molecule has 94 valence electrons. The Morgan fingerprint density at radius 2 is 1.89 bits per heavy atom. The normalized spacial score (nSPS) is 10.5. The highest BCUT2D eigenvalue weighted by atomic mass is 32.1. The highest BCUT2D eigenvalue weighted by Crippen LogP contribution is 2.10. The fourth-order valence-corrected chi connectivity index (χ4v) is 2.10. The van der Waals surface area contributed by atoms with Crippen LogP contribution in [0.2, 0.25) is 0 Å². The van der Waals surface area contributed by atoms with E-state index in [1.807, 2.05) is 30.5 Å². The Bertz CT molecular complexity index is 713. The predicted molar refractivity (Wildman–Crippen MR) is 75.8 cm³/mol. The van der Waals surface area contributed by atoms with Crippen molar-refractivity contribution in [1.29, 1.82) is 0 Å². The third-order valence-corrected chi connectivity index (χ3v) is 3.15. The fraction of sp³-hybridized carbons (Fsp3) is 0.0714. The van der Waals surface area contributed by atoms with Gasteiger partial charge in [0.25, 0.3) is 0 Å². The van der Waals surface area contributed by atoms with Crippen LogP contribution >= 0.6 is 12.2 Å². The molecular weight excluding hydrogens is 256 g/mol. The van der Waals surface area contributed by atoms with Crippen LogP contribution < -0.4 is 0 Å². The number of pyridine rings is 1. The molecule has 3 aromatic rings. The Labute approximate surface area is 115 Å². The first-order chi connectivity index (χ1) is 9.33. The highest BCUT2D eigenvalue weighted by molar-refractivity contribution is 7.71. The van der Waals surface area contributed by atoms with E-state index in [0.29, 0.717) is 4.77 Å². The van der Waals surface area contributed by atoms with E-state index in [4.69, 9.17) is 12.2 Å². The minimum Gasteiger partial charge on any atom is -0.258 e. The number of H-pyrrole nitrogens is 1. The van der Waals surface area contributed by atoms with E-state index in [1.165, 1.54) is 11.1 Å². The summed E-state index contributed by atoms with van der Waals surface area (Å²) in [6.07, 6.45) is 4.38. The molecule has 0 atom stereocenters. The second-order valence-corrected chi connectivity index (χ2v) is 4.61. The van der Waals surface area contributed by atoms with Crippen LogP contribution in [-0.2, 0) is 6.42 Å². The summed E-state index contributed by atoms with van der Waals surface area (Å²) in [5, 5.41) is 6.59. The number of aromatic amines is 1. The van der Waals surface area contributed by atoms with Crippen LogP contribution in [0.25, 0.3) is 5.82 Å². The summed E-state index contributed by atoms with van der Waals surface area (Å²) in [5.41, 5.74) is 2.45. The van der Waals surface area contributed by atoms with Crippen molar-refractivity contribution in [3.8, 4) is 5.82 Å². The molecular formula is C14H12N4S. The van der Waals surface area contributed by atoms with E-state index < -0.39 is 0 Å². The van der Waals surface area contributed by atoms with Crippen LogP contribution in [0.5, 0.6) is 0 Å². The third-order valence-electron chi connectivity index (χ3n) is 2.86. The van der Waals surface area contributed by atoms with E-state index in [9.17, 15) is 0 Å². The summed E-state index contributed by atoms with van der Waals surface area (Å²) in [5.74, 6) is 0.774. The zero-order valence-electron chi connectivity index (χ0n) is 10.2. The molecule has 0 aliphatic rings. The van der Waals surface area contributed by atoms with E-state index in [1.54, 1.807) is 10.9 Å². The SMILES string of the molecule is S=c1[nH]ncn1-c1ccc(Cc2ccccc2)cn1. The molecule has 19 heavy (non-hydrogen) atoms. The minimum absolute atomic E-state index is 0.545. The van der Waals surface area contributed by atoms with Crippen LogP contribution in [0.4, 0.5) is 0 Å². The first-order valence-electron chi connectivity index (χ1n) is 5.94. The molecule has 0 spiro atoms. The monoisotopic (exact) mass is 268 g/mol. The molecule has 0 saturated heterocycles. The predicted octanol–water partition coefficient (Wildman–Crippen LogP) is 2.92. The van der Waals surface area contributed by atoms with Gasteiger partial charge >= 0.3 is 0 Å². The van der Waals surface area contributed by atoms with Crippen molar-refractivity contribution in [2.45, 2.75) is 6.42 Å². The third kappa shape index (κ3) is 2.61. The average Bonchev–Trinajstić information content (AvgIpc) is 2.87. The second-order valence-electron chi connectivity index (χ2n) is 4.22. The maximum absolute atomic E-state index is 5.11. The zero-order chi connectivity index (χ0) is 13.1. The van der Waals surface area contributed by atoms with Crippen LogP contribution in [0.15, 0.2) is 55.0 Å². The van der Waals surface area contributed by atoms with Crippen molar-refractivity contribution >= 4 is 12.2 Å². The highest BCUT2D eigenvalue weighted by Gasteiger charge is 2.01. The Morgan fingerprint density at radius 1 is 1.05 bits per heavy atom. The number of hydrogen-bond acceptors (Lipinski definition) is 3. The van der Waals surface area contributed by atoms with Gasteiger partial charge in [0.1, 0.15) is 12.1 Å². The van der Waals surface area contributed by atoms with Crippen LogP contribution in [0, 0.1) is 4.77 Å². The molecule has 0 bridgehead atoms. The maximum atomic E-state index is 5.11. The van der Waals surface area contributed by atoms with Gasteiger partial charge in [0.05, 0.1) is 0 Å². The molecule has 3 rings (SSSR count). The smallest absolute Gasteiger partial charge is 0.200 e. The van der Waals surface area contributed by atoms with Gasteiger partial charge < -0.3 is 0 Å². The quantitative estimate of drug-likeness (QED) is 0.743. The lowest BCUT2D eigenvalue weighted by molar-refractivity contribution is 0.964. The Balaban J connectivity index is 1.84. The summed E-state index contributed by atoms with van der Waals surface area (Å²) in [6.45, 7) is 0. The van der Waals surface area contributed by atoms with Gasteiger partial charge in [-0.1, -0.05) is 36.4 Å². The molecule has 0 aliphatic carbocycles. The van der Waals surface area contributed by atoms with E-state index in [2.05, 4.69) is 33.4 Å². The standard InChI is InChI=1S/C14H12N4S/c19-14-17-16-10-18(14)13-7-6-12(9-15-13)8-11-4-2-1-3-5-11/h1-7,9-10H,8H2,(H,17,19).